The summed E-state index contributed by atoms with van der Waals surface area (Å²) in [5.41, 5.74) is 0.0166. The Labute approximate surface area is 90.7 Å². The molecule has 1 aliphatic rings. The molecule has 1 fully saturated rings. The molecule has 0 radical (unpaired) electrons. The summed E-state index contributed by atoms with van der Waals surface area (Å²) < 4.78 is 5.31. The lowest BCUT2D eigenvalue weighted by molar-refractivity contribution is 0.0312. The van der Waals surface area contributed by atoms with E-state index in [1.807, 2.05) is 13.8 Å². The van der Waals surface area contributed by atoms with Crippen LogP contribution < -0.4 is 5.32 Å². The summed E-state index contributed by atoms with van der Waals surface area (Å²) in [5, 5.41) is 4.43. The van der Waals surface area contributed by atoms with Gasteiger partial charge in [-0.1, -0.05) is 11.8 Å². The molecule has 0 spiro atoms. The number of nitrogens with one attached hydrogen (secondary N) is 1. The van der Waals surface area contributed by atoms with Gasteiger partial charge in [-0.3, -0.25) is 4.99 Å². The van der Waals surface area contributed by atoms with Crippen LogP contribution in [0.1, 0.15) is 27.7 Å². The van der Waals surface area contributed by atoms with E-state index < -0.39 is 0 Å². The largest absolute Gasteiger partial charge is 0.377 e. The lowest BCUT2D eigenvalue weighted by atomic mass is 10.1. The zero-order valence-corrected chi connectivity index (χ0v) is 10.5. The maximum atomic E-state index is 5.31. The molecular formula is C10H20N2OS. The van der Waals surface area contributed by atoms with E-state index in [2.05, 4.69) is 24.2 Å². The van der Waals surface area contributed by atoms with Crippen molar-refractivity contribution in [2.75, 3.05) is 19.4 Å². The highest BCUT2D eigenvalue weighted by molar-refractivity contribution is 8.14. The van der Waals surface area contributed by atoms with Gasteiger partial charge in [-0.2, -0.15) is 0 Å². The number of amidine groups is 1. The molecule has 1 N–H and O–H groups in total. The lowest BCUT2D eigenvalue weighted by Gasteiger charge is -2.21. The van der Waals surface area contributed by atoms with Crippen molar-refractivity contribution in [1.82, 2.24) is 5.32 Å². The van der Waals surface area contributed by atoms with E-state index in [4.69, 9.17) is 4.74 Å². The van der Waals surface area contributed by atoms with E-state index in [1.54, 1.807) is 18.9 Å². The maximum Gasteiger partial charge on any atom is 0.157 e. The smallest absolute Gasteiger partial charge is 0.157 e. The first-order chi connectivity index (χ1) is 6.35. The van der Waals surface area contributed by atoms with Crippen molar-refractivity contribution >= 4 is 16.9 Å². The second-order valence-corrected chi connectivity index (χ2v) is 5.85. The monoisotopic (exact) mass is 216 g/mol. The minimum Gasteiger partial charge on any atom is -0.377 e. The molecule has 1 rings (SSSR count). The van der Waals surface area contributed by atoms with E-state index in [0.717, 1.165) is 10.9 Å². The lowest BCUT2D eigenvalue weighted by Crippen LogP contribution is -2.37. The highest BCUT2D eigenvalue weighted by Crippen LogP contribution is 2.22. The quantitative estimate of drug-likeness (QED) is 0.782. The van der Waals surface area contributed by atoms with Crippen molar-refractivity contribution in [3.05, 3.63) is 0 Å². The van der Waals surface area contributed by atoms with Crippen LogP contribution in [0.5, 0.6) is 0 Å². The minimum atomic E-state index is -0.165. The zero-order chi connectivity index (χ0) is 10.8. The van der Waals surface area contributed by atoms with Crippen LogP contribution >= 0.6 is 11.8 Å². The third-order valence-corrected chi connectivity index (χ3v) is 3.54. The van der Waals surface area contributed by atoms with Gasteiger partial charge in [0.1, 0.15) is 0 Å². The molecular weight excluding hydrogens is 196 g/mol. The van der Waals surface area contributed by atoms with E-state index in [0.29, 0.717) is 6.54 Å². The first-order valence-electron chi connectivity index (χ1n) is 4.85. The van der Waals surface area contributed by atoms with Gasteiger partial charge in [-0.05, 0) is 27.7 Å². The topological polar surface area (TPSA) is 33.6 Å². The summed E-state index contributed by atoms with van der Waals surface area (Å²) in [5.74, 6) is 1.08. The number of nitrogens with zero attached hydrogens (tertiary/aromatic N) is 1. The average molecular weight is 216 g/mol. The first kappa shape index (κ1) is 11.9. The van der Waals surface area contributed by atoms with Crippen LogP contribution in [0, 0.1) is 0 Å². The molecule has 0 aromatic rings. The van der Waals surface area contributed by atoms with Crippen LogP contribution in [0.3, 0.4) is 0 Å². The predicted molar refractivity (Wildman–Crippen MR) is 63.1 cm³/mol. The Balaban J connectivity index is 2.48. The summed E-state index contributed by atoms with van der Waals surface area (Å²) >= 11 is 1.78. The second kappa shape index (κ2) is 4.11. The van der Waals surface area contributed by atoms with Gasteiger partial charge in [0.25, 0.3) is 0 Å². The molecule has 1 saturated heterocycles. The van der Waals surface area contributed by atoms with Gasteiger partial charge >= 0.3 is 0 Å². The molecule has 0 amide bonds. The van der Waals surface area contributed by atoms with Crippen molar-refractivity contribution in [2.45, 2.75) is 38.8 Å². The van der Waals surface area contributed by atoms with Crippen LogP contribution in [-0.2, 0) is 4.74 Å². The molecule has 82 valence electrons. The van der Waals surface area contributed by atoms with Crippen LogP contribution in [0.2, 0.25) is 0 Å². The number of ether oxygens (including phenoxy) is 1. The molecule has 1 aliphatic heterocycles. The number of hydrogen-bond acceptors (Lipinski definition) is 3. The molecule has 0 aromatic heterocycles. The number of methoxy groups -OCH3 is 1. The summed E-state index contributed by atoms with van der Waals surface area (Å²) in [7, 11) is 1.72. The third-order valence-electron chi connectivity index (χ3n) is 2.17. The minimum absolute atomic E-state index is 0.165. The van der Waals surface area contributed by atoms with Gasteiger partial charge in [0.05, 0.1) is 12.1 Å². The summed E-state index contributed by atoms with van der Waals surface area (Å²) in [6, 6.07) is 0. The molecule has 14 heavy (non-hydrogen) atoms. The van der Waals surface area contributed by atoms with Crippen LogP contribution in [0.15, 0.2) is 4.99 Å². The number of aliphatic imine (C=N–C) groups is 1. The third kappa shape index (κ3) is 3.50. The molecule has 1 heterocycles. The van der Waals surface area contributed by atoms with Gasteiger partial charge in [0.2, 0.25) is 0 Å². The Kier molecular flexibility index (Phi) is 3.48. The number of thioether (sulfide) groups is 1. The van der Waals surface area contributed by atoms with E-state index in [-0.39, 0.29) is 11.1 Å². The second-order valence-electron chi connectivity index (χ2n) is 4.88. The van der Waals surface area contributed by atoms with Gasteiger partial charge < -0.3 is 10.1 Å². The fraction of sp³-hybridized carbons (Fsp3) is 0.900. The summed E-state index contributed by atoms with van der Waals surface area (Å²) in [6.45, 7) is 9.16. The number of rotatable bonds is 3. The molecule has 4 heteroatoms. The van der Waals surface area contributed by atoms with Gasteiger partial charge in [0, 0.05) is 18.4 Å². The SMILES string of the molecule is COC(C)(C)CN=C1NC(C)(C)CS1. The standard InChI is InChI=1S/C10H20N2OS/c1-9(2)7-14-8(12-9)11-6-10(3,4)13-5/h6-7H2,1-5H3,(H,11,12). The average Bonchev–Trinajstić information content (AvgIpc) is 2.43. The highest BCUT2D eigenvalue weighted by atomic mass is 32.2. The van der Waals surface area contributed by atoms with Crippen molar-refractivity contribution in [1.29, 1.82) is 0 Å². The molecule has 0 bridgehead atoms. The van der Waals surface area contributed by atoms with Crippen molar-refractivity contribution < 1.29 is 4.74 Å². The molecule has 0 aliphatic carbocycles. The Hall–Kier alpha value is -0.220. The highest BCUT2D eigenvalue weighted by Gasteiger charge is 2.27. The maximum absolute atomic E-state index is 5.31. The number of hydrogen-bond donors (Lipinski definition) is 1. The first-order valence-corrected chi connectivity index (χ1v) is 5.84. The fourth-order valence-corrected chi connectivity index (χ4v) is 2.10. The van der Waals surface area contributed by atoms with E-state index >= 15 is 0 Å². The Morgan fingerprint density at radius 3 is 2.64 bits per heavy atom. The Morgan fingerprint density at radius 1 is 1.57 bits per heavy atom. The zero-order valence-electron chi connectivity index (χ0n) is 9.68. The van der Waals surface area contributed by atoms with Crippen molar-refractivity contribution in [3.8, 4) is 0 Å². The Morgan fingerprint density at radius 2 is 2.21 bits per heavy atom. The van der Waals surface area contributed by atoms with Crippen LogP contribution in [0.25, 0.3) is 0 Å². The van der Waals surface area contributed by atoms with Crippen molar-refractivity contribution in [2.24, 2.45) is 4.99 Å². The fourth-order valence-electron chi connectivity index (χ4n) is 1.02. The van der Waals surface area contributed by atoms with Crippen LogP contribution in [0.4, 0.5) is 0 Å². The normalized spacial score (nSPS) is 23.9. The molecule has 0 unspecified atom stereocenters. The Bertz CT molecular complexity index is 236. The van der Waals surface area contributed by atoms with Gasteiger partial charge in [-0.15, -0.1) is 0 Å². The molecule has 0 atom stereocenters. The van der Waals surface area contributed by atoms with Crippen LogP contribution in [-0.4, -0.2) is 35.7 Å². The van der Waals surface area contributed by atoms with Crippen molar-refractivity contribution in [3.63, 3.8) is 0 Å². The summed E-state index contributed by atoms with van der Waals surface area (Å²) in [6.07, 6.45) is 0. The molecule has 0 saturated carbocycles. The summed E-state index contributed by atoms with van der Waals surface area (Å²) in [4.78, 5) is 4.50. The van der Waals surface area contributed by atoms with Gasteiger partial charge in [-0.25, -0.2) is 0 Å². The van der Waals surface area contributed by atoms with E-state index in [1.165, 1.54) is 0 Å². The van der Waals surface area contributed by atoms with E-state index in [9.17, 15) is 0 Å². The molecule has 3 nitrogen and oxygen atoms in total. The molecule has 0 aromatic carbocycles. The van der Waals surface area contributed by atoms with Gasteiger partial charge in [0.15, 0.2) is 5.17 Å². The predicted octanol–water partition coefficient (Wildman–Crippen LogP) is 1.88.